The van der Waals surface area contributed by atoms with E-state index in [2.05, 4.69) is 11.9 Å². The number of carbonyl (C=O) groups excluding carboxylic acids is 2. The molecule has 0 radical (unpaired) electrons. The zero-order valence-corrected chi connectivity index (χ0v) is 15.5. The number of phenolic OH excluding ortho intramolecular Hbond substituents is 1. The lowest BCUT2D eigenvalue weighted by Crippen LogP contribution is -2.27. The molecule has 0 atom stereocenters. The Hall–Kier alpha value is -3.68. The van der Waals surface area contributed by atoms with Gasteiger partial charge in [0.05, 0.1) is 24.1 Å². The first kappa shape index (κ1) is 20.1. The highest BCUT2D eigenvalue weighted by atomic mass is 19.1. The summed E-state index contributed by atoms with van der Waals surface area (Å²) in [5, 5.41) is 11.9. The molecule has 0 unspecified atom stereocenters. The van der Waals surface area contributed by atoms with E-state index in [0.717, 1.165) is 17.7 Å². The monoisotopic (exact) mass is 400 g/mol. The Morgan fingerprint density at radius 2 is 1.93 bits per heavy atom. The number of phenols is 1. The number of anilines is 1. The molecule has 1 aliphatic heterocycles. The minimum Gasteiger partial charge on any atom is -0.503 e. The quantitative estimate of drug-likeness (QED) is 0.574. The molecule has 0 saturated carbocycles. The largest absolute Gasteiger partial charge is 0.503 e. The number of esters is 1. The van der Waals surface area contributed by atoms with Crippen LogP contribution in [0.4, 0.5) is 14.5 Å². The van der Waals surface area contributed by atoms with Gasteiger partial charge in [-0.15, -0.1) is 0 Å². The molecule has 0 bridgehead atoms. The Morgan fingerprint density at radius 3 is 2.59 bits per heavy atom. The second-order valence-electron chi connectivity index (χ2n) is 6.35. The van der Waals surface area contributed by atoms with Crippen LogP contribution in [0.15, 0.2) is 60.4 Å². The first-order chi connectivity index (χ1) is 13.8. The Balaban J connectivity index is 1.67. The summed E-state index contributed by atoms with van der Waals surface area (Å²) in [4.78, 5) is 25.3. The second kappa shape index (κ2) is 8.14. The topological polar surface area (TPSA) is 78.9 Å². The number of aromatic hydroxyl groups is 1. The van der Waals surface area contributed by atoms with Crippen molar-refractivity contribution in [3.63, 3.8) is 0 Å². The molecular weight excluding hydrogens is 382 g/mol. The third-order valence-electron chi connectivity index (χ3n) is 4.44. The molecule has 1 heterocycles. The minimum atomic E-state index is -1.12. The summed E-state index contributed by atoms with van der Waals surface area (Å²) in [5.74, 6) is -4.09. The molecule has 1 aliphatic rings. The van der Waals surface area contributed by atoms with E-state index in [9.17, 15) is 23.5 Å². The SMILES string of the molecule is C=C1C(Nc2cc(F)c(O)c(F)c2)=CC(=O)N1CCc1cccc(C(=O)OC)c1. The van der Waals surface area contributed by atoms with Crippen molar-refractivity contribution < 1.29 is 28.2 Å². The van der Waals surface area contributed by atoms with Crippen LogP contribution in [0, 0.1) is 11.6 Å². The van der Waals surface area contributed by atoms with Crippen LogP contribution in [0.2, 0.25) is 0 Å². The van der Waals surface area contributed by atoms with Crippen LogP contribution in [0.5, 0.6) is 5.75 Å². The van der Waals surface area contributed by atoms with Gasteiger partial charge in [-0.25, -0.2) is 13.6 Å². The number of methoxy groups -OCH3 is 1. The van der Waals surface area contributed by atoms with Crippen molar-refractivity contribution in [3.05, 3.63) is 83.2 Å². The van der Waals surface area contributed by atoms with Gasteiger partial charge in [0.25, 0.3) is 5.91 Å². The van der Waals surface area contributed by atoms with Gasteiger partial charge >= 0.3 is 5.97 Å². The first-order valence-electron chi connectivity index (χ1n) is 8.65. The molecule has 2 N–H and O–H groups in total. The van der Waals surface area contributed by atoms with Gasteiger partial charge in [-0.05, 0) is 24.1 Å². The van der Waals surface area contributed by atoms with Gasteiger partial charge in [-0.3, -0.25) is 4.79 Å². The average Bonchev–Trinajstić information content (AvgIpc) is 2.96. The zero-order chi connectivity index (χ0) is 21.1. The number of rotatable bonds is 6. The fourth-order valence-corrected chi connectivity index (χ4v) is 2.92. The average molecular weight is 400 g/mol. The maximum absolute atomic E-state index is 13.5. The van der Waals surface area contributed by atoms with E-state index in [4.69, 9.17) is 4.74 Å². The molecule has 0 aromatic heterocycles. The first-order valence-corrected chi connectivity index (χ1v) is 8.65. The Labute approximate surface area is 165 Å². The van der Waals surface area contributed by atoms with E-state index in [1.165, 1.54) is 18.1 Å². The summed E-state index contributed by atoms with van der Waals surface area (Å²) in [6, 6.07) is 8.69. The van der Waals surface area contributed by atoms with Crippen molar-refractivity contribution in [1.29, 1.82) is 0 Å². The lowest BCUT2D eigenvalue weighted by molar-refractivity contribution is -0.123. The van der Waals surface area contributed by atoms with E-state index >= 15 is 0 Å². The fraction of sp³-hybridized carbons (Fsp3) is 0.143. The molecule has 29 heavy (non-hydrogen) atoms. The lowest BCUT2D eigenvalue weighted by Gasteiger charge is -2.19. The molecule has 0 fully saturated rings. The van der Waals surface area contributed by atoms with Gasteiger partial charge in [0.1, 0.15) is 0 Å². The van der Waals surface area contributed by atoms with Gasteiger partial charge in [-0.1, -0.05) is 18.7 Å². The normalized spacial score (nSPS) is 13.5. The molecule has 8 heteroatoms. The molecule has 3 rings (SSSR count). The van der Waals surface area contributed by atoms with Crippen LogP contribution in [-0.4, -0.2) is 35.5 Å². The van der Waals surface area contributed by atoms with Gasteiger partial charge in [0, 0.05) is 30.4 Å². The van der Waals surface area contributed by atoms with Crippen LogP contribution in [0.25, 0.3) is 0 Å². The molecule has 1 amide bonds. The maximum atomic E-state index is 13.5. The van der Waals surface area contributed by atoms with E-state index < -0.39 is 23.4 Å². The number of amides is 1. The number of benzene rings is 2. The molecular formula is C21H18F2N2O4. The molecule has 6 nitrogen and oxygen atoms in total. The van der Waals surface area contributed by atoms with Gasteiger partial charge in [0.15, 0.2) is 17.4 Å². The summed E-state index contributed by atoms with van der Waals surface area (Å²) in [6.45, 7) is 4.15. The summed E-state index contributed by atoms with van der Waals surface area (Å²) in [6.07, 6.45) is 1.73. The maximum Gasteiger partial charge on any atom is 0.337 e. The molecule has 0 spiro atoms. The number of ether oxygens (including phenoxy) is 1. The number of hydrogen-bond donors (Lipinski definition) is 2. The summed E-state index contributed by atoms with van der Waals surface area (Å²) < 4.78 is 31.7. The molecule has 150 valence electrons. The molecule has 0 saturated heterocycles. The van der Waals surface area contributed by atoms with E-state index in [1.54, 1.807) is 18.2 Å². The Bertz CT molecular complexity index is 1010. The van der Waals surface area contributed by atoms with E-state index in [0.29, 0.717) is 29.9 Å². The van der Waals surface area contributed by atoms with Crippen LogP contribution >= 0.6 is 0 Å². The standard InChI is InChI=1S/C21H18F2N2O4/c1-12-18(24-15-9-16(22)20(27)17(23)10-15)11-19(26)25(12)7-6-13-4-3-5-14(8-13)21(28)29-2/h3-5,8-11,24,27H,1,6-7H2,2H3. The van der Waals surface area contributed by atoms with Crippen LogP contribution < -0.4 is 5.32 Å². The van der Waals surface area contributed by atoms with Gasteiger partial charge in [-0.2, -0.15) is 0 Å². The number of carbonyl (C=O) groups is 2. The highest BCUT2D eigenvalue weighted by molar-refractivity contribution is 5.95. The highest BCUT2D eigenvalue weighted by Crippen LogP contribution is 2.28. The van der Waals surface area contributed by atoms with Gasteiger partial charge < -0.3 is 20.1 Å². The van der Waals surface area contributed by atoms with Crippen LogP contribution in [-0.2, 0) is 16.0 Å². The summed E-state index contributed by atoms with van der Waals surface area (Å²) in [5.41, 5.74) is 1.91. The van der Waals surface area contributed by atoms with Crippen molar-refractivity contribution in [1.82, 2.24) is 4.90 Å². The van der Waals surface area contributed by atoms with Crippen molar-refractivity contribution in [2.75, 3.05) is 19.0 Å². The van der Waals surface area contributed by atoms with Crippen molar-refractivity contribution in [2.24, 2.45) is 0 Å². The lowest BCUT2D eigenvalue weighted by atomic mass is 10.1. The van der Waals surface area contributed by atoms with E-state index in [1.807, 2.05) is 6.07 Å². The molecule has 2 aromatic rings. The number of nitrogens with zero attached hydrogens (tertiary/aromatic N) is 1. The van der Waals surface area contributed by atoms with Crippen LogP contribution in [0.1, 0.15) is 15.9 Å². The Morgan fingerprint density at radius 1 is 1.24 bits per heavy atom. The zero-order valence-electron chi connectivity index (χ0n) is 15.5. The van der Waals surface area contributed by atoms with Gasteiger partial charge in [0.2, 0.25) is 0 Å². The molecule has 2 aromatic carbocycles. The van der Waals surface area contributed by atoms with Crippen molar-refractivity contribution in [3.8, 4) is 5.75 Å². The minimum absolute atomic E-state index is 0.0330. The van der Waals surface area contributed by atoms with E-state index in [-0.39, 0.29) is 11.6 Å². The predicted octanol–water partition coefficient (Wildman–Crippen LogP) is 3.35. The third-order valence-corrected chi connectivity index (χ3v) is 4.44. The van der Waals surface area contributed by atoms with Crippen molar-refractivity contribution in [2.45, 2.75) is 6.42 Å². The number of halogens is 2. The number of hydrogen-bond acceptors (Lipinski definition) is 5. The van der Waals surface area contributed by atoms with Crippen LogP contribution in [0.3, 0.4) is 0 Å². The number of nitrogens with one attached hydrogen (secondary N) is 1. The smallest absolute Gasteiger partial charge is 0.337 e. The molecule has 0 aliphatic carbocycles. The second-order valence-corrected chi connectivity index (χ2v) is 6.35. The predicted molar refractivity (Wildman–Crippen MR) is 102 cm³/mol. The summed E-state index contributed by atoms with van der Waals surface area (Å²) >= 11 is 0. The highest BCUT2D eigenvalue weighted by Gasteiger charge is 2.26. The Kier molecular flexibility index (Phi) is 5.63. The fourth-order valence-electron chi connectivity index (χ4n) is 2.92. The van der Waals surface area contributed by atoms with Crippen molar-refractivity contribution >= 4 is 17.6 Å². The third kappa shape index (κ3) is 4.26. The summed E-state index contributed by atoms with van der Waals surface area (Å²) in [7, 11) is 1.30.